The van der Waals surface area contributed by atoms with E-state index in [1.165, 1.54) is 0 Å². The van der Waals surface area contributed by atoms with Crippen LogP contribution < -0.4 is 10.6 Å². The second kappa shape index (κ2) is 10.9. The van der Waals surface area contributed by atoms with Gasteiger partial charge >= 0.3 is 6.09 Å². The third-order valence-electron chi connectivity index (χ3n) is 4.18. The van der Waals surface area contributed by atoms with Crippen LogP contribution in [-0.4, -0.2) is 21.7 Å². The summed E-state index contributed by atoms with van der Waals surface area (Å²) in [5.41, 5.74) is 2.89. The molecule has 6 nitrogen and oxygen atoms in total. The summed E-state index contributed by atoms with van der Waals surface area (Å²) in [4.78, 5) is 20.7. The third-order valence-corrected chi connectivity index (χ3v) is 4.18. The molecular formula is C26H28N4O2. The molecule has 0 saturated heterocycles. The van der Waals surface area contributed by atoms with E-state index in [1.54, 1.807) is 12.4 Å². The summed E-state index contributed by atoms with van der Waals surface area (Å²) < 4.78 is 5.30. The minimum Gasteiger partial charge on any atom is -0.444 e. The molecule has 3 rings (SSSR count). The van der Waals surface area contributed by atoms with Gasteiger partial charge in [-0.05, 0) is 44.5 Å². The number of aromatic nitrogens is 2. The molecule has 0 bridgehead atoms. The summed E-state index contributed by atoms with van der Waals surface area (Å²) >= 11 is 0. The maximum Gasteiger partial charge on any atom is 0.412 e. The lowest BCUT2D eigenvalue weighted by Gasteiger charge is -2.19. The maximum absolute atomic E-state index is 12.0. The number of amides is 1. The molecule has 0 unspecified atom stereocenters. The van der Waals surface area contributed by atoms with Crippen molar-refractivity contribution in [2.75, 3.05) is 10.6 Å². The van der Waals surface area contributed by atoms with Gasteiger partial charge in [-0.15, -0.1) is 0 Å². The number of benzene rings is 1. The molecule has 0 spiro atoms. The first-order valence-corrected chi connectivity index (χ1v) is 10.4. The van der Waals surface area contributed by atoms with Gasteiger partial charge < -0.3 is 10.1 Å². The first-order chi connectivity index (χ1) is 15.4. The Bertz CT molecular complexity index is 1080. The molecule has 2 N–H and O–H groups in total. The van der Waals surface area contributed by atoms with Crippen molar-refractivity contribution in [1.82, 2.24) is 9.97 Å². The average Bonchev–Trinajstić information content (AvgIpc) is 2.72. The van der Waals surface area contributed by atoms with E-state index in [-0.39, 0.29) is 0 Å². The van der Waals surface area contributed by atoms with Gasteiger partial charge in [0.25, 0.3) is 0 Å². The molecule has 0 saturated carbocycles. The van der Waals surface area contributed by atoms with Crippen LogP contribution in [0.3, 0.4) is 0 Å². The Hall–Kier alpha value is -3.93. The Morgan fingerprint density at radius 1 is 0.844 bits per heavy atom. The highest BCUT2D eigenvalue weighted by atomic mass is 16.6. The molecule has 0 radical (unpaired) electrons. The van der Waals surface area contributed by atoms with Crippen LogP contribution in [0.5, 0.6) is 0 Å². The minimum absolute atomic E-state index is 0.495. The van der Waals surface area contributed by atoms with E-state index >= 15 is 0 Å². The molecule has 2 aromatic carbocycles. The van der Waals surface area contributed by atoms with Crippen molar-refractivity contribution in [3.63, 3.8) is 0 Å². The van der Waals surface area contributed by atoms with Crippen molar-refractivity contribution < 1.29 is 9.53 Å². The summed E-state index contributed by atoms with van der Waals surface area (Å²) in [6.45, 7) is 5.48. The summed E-state index contributed by atoms with van der Waals surface area (Å²) in [5.74, 6) is 0.673. The van der Waals surface area contributed by atoms with Crippen LogP contribution >= 0.6 is 0 Å². The van der Waals surface area contributed by atoms with E-state index < -0.39 is 11.7 Å². The van der Waals surface area contributed by atoms with Crippen LogP contribution in [0.1, 0.15) is 32.0 Å². The van der Waals surface area contributed by atoms with Gasteiger partial charge in [0.2, 0.25) is 0 Å². The van der Waals surface area contributed by atoms with Gasteiger partial charge in [-0.1, -0.05) is 60.7 Å². The number of carbonyl (C=O) groups is 1. The second-order valence-electron chi connectivity index (χ2n) is 8.16. The Morgan fingerprint density at radius 2 is 1.50 bits per heavy atom. The molecule has 32 heavy (non-hydrogen) atoms. The van der Waals surface area contributed by atoms with Gasteiger partial charge in [0.15, 0.2) is 0 Å². The Labute approximate surface area is 189 Å². The molecule has 0 aliphatic carbocycles. The summed E-state index contributed by atoms with van der Waals surface area (Å²) in [5, 5.41) is 6.01. The van der Waals surface area contributed by atoms with E-state index in [4.69, 9.17) is 4.74 Å². The predicted octanol–water partition coefficient (Wildman–Crippen LogP) is 6.28. The number of carbonyl (C=O) groups excluding carboxylic acids is 1. The molecule has 164 valence electrons. The fourth-order valence-electron chi connectivity index (χ4n) is 2.87. The lowest BCUT2D eigenvalue weighted by atomic mass is 10.1. The molecule has 1 heterocycles. The van der Waals surface area contributed by atoms with Gasteiger partial charge in [0, 0.05) is 23.9 Å². The zero-order valence-corrected chi connectivity index (χ0v) is 18.6. The molecule has 0 aliphatic rings. The van der Waals surface area contributed by atoms with Crippen molar-refractivity contribution in [3.05, 3.63) is 103 Å². The van der Waals surface area contributed by atoms with Crippen LogP contribution in [-0.2, 0) is 11.2 Å². The van der Waals surface area contributed by atoms with Crippen LogP contribution in [0.25, 0.3) is 0 Å². The number of nitrogens with zero attached hydrogens (tertiary/aromatic N) is 2. The first-order valence-electron chi connectivity index (χ1n) is 10.4. The highest BCUT2D eigenvalue weighted by molar-refractivity contribution is 5.85. The molecule has 0 aliphatic heterocycles. The van der Waals surface area contributed by atoms with Crippen molar-refractivity contribution in [2.45, 2.75) is 32.8 Å². The van der Waals surface area contributed by atoms with Gasteiger partial charge in [-0.3, -0.25) is 5.32 Å². The number of ether oxygens (including phenoxy) is 1. The lowest BCUT2D eigenvalue weighted by molar-refractivity contribution is 0.0636. The molecule has 1 aromatic heterocycles. The topological polar surface area (TPSA) is 76.1 Å². The Morgan fingerprint density at radius 3 is 2.19 bits per heavy atom. The number of hydrogen-bond acceptors (Lipinski definition) is 5. The number of rotatable bonds is 5. The highest BCUT2D eigenvalue weighted by Gasteiger charge is 2.16. The number of hydrogen-bond donors (Lipinski definition) is 2. The molecule has 6 heteroatoms. The van der Waals surface area contributed by atoms with Crippen LogP contribution in [0, 0.1) is 0 Å². The summed E-state index contributed by atoms with van der Waals surface area (Å²) in [6, 6.07) is 27.4. The van der Waals surface area contributed by atoms with Gasteiger partial charge in [0.05, 0.1) is 5.69 Å². The normalized spacial score (nSPS) is 10.6. The van der Waals surface area contributed by atoms with E-state index in [0.29, 0.717) is 17.9 Å². The predicted molar refractivity (Wildman–Crippen MR) is 128 cm³/mol. The standard InChI is InChI=1S/C26H28N4O2/c1-26(2,3)32-25(31)30-22-15-11-14-21(17-22)29-24-18-23(27-19-28-24)16-20-12-9-7-5-4-6-8-10-13-20/h4-15,17-19H,16H2,1-3H3,(H,30,31)(H,27,28,29). The highest BCUT2D eigenvalue weighted by Crippen LogP contribution is 2.20. The van der Waals surface area contributed by atoms with E-state index in [0.717, 1.165) is 16.9 Å². The number of nitrogens with one attached hydrogen (secondary N) is 2. The monoisotopic (exact) mass is 428 g/mol. The molecule has 0 atom stereocenters. The van der Waals surface area contributed by atoms with Crippen molar-refractivity contribution in [2.24, 2.45) is 0 Å². The van der Waals surface area contributed by atoms with Crippen molar-refractivity contribution in [3.8, 4) is 0 Å². The summed E-state index contributed by atoms with van der Waals surface area (Å²) in [6.07, 6.45) is 1.73. The maximum atomic E-state index is 12.0. The quantitative estimate of drug-likeness (QED) is 0.500. The minimum atomic E-state index is -0.556. The van der Waals surface area contributed by atoms with Crippen molar-refractivity contribution >= 4 is 23.3 Å². The third kappa shape index (κ3) is 8.07. The lowest BCUT2D eigenvalue weighted by Crippen LogP contribution is -2.27. The Balaban J connectivity index is 1.71. The van der Waals surface area contributed by atoms with E-state index in [1.807, 2.05) is 87.5 Å². The first kappa shape index (κ1) is 22.7. The zero-order chi connectivity index (χ0) is 22.8. The molecular weight excluding hydrogens is 400 g/mol. The van der Waals surface area contributed by atoms with Gasteiger partial charge in [-0.25, -0.2) is 14.8 Å². The fraction of sp³-hybridized carbons (Fsp3) is 0.192. The average molecular weight is 429 g/mol. The van der Waals surface area contributed by atoms with Crippen molar-refractivity contribution in [1.29, 1.82) is 0 Å². The molecule has 3 aromatic rings. The largest absolute Gasteiger partial charge is 0.444 e. The van der Waals surface area contributed by atoms with Crippen LogP contribution in [0.2, 0.25) is 0 Å². The van der Waals surface area contributed by atoms with E-state index in [2.05, 4.69) is 32.7 Å². The van der Waals surface area contributed by atoms with Crippen LogP contribution in [0.4, 0.5) is 22.0 Å². The summed E-state index contributed by atoms with van der Waals surface area (Å²) in [7, 11) is 0. The van der Waals surface area contributed by atoms with E-state index in [9.17, 15) is 4.79 Å². The van der Waals surface area contributed by atoms with Crippen LogP contribution in [0.15, 0.2) is 91.3 Å². The number of anilines is 3. The SMILES string of the molecule is CC(C)(C)OC(=O)Nc1cccc(Nc2cc(Cc3ccccccccc3)ncn2)c1. The van der Waals surface area contributed by atoms with Gasteiger partial charge in [0.1, 0.15) is 17.7 Å². The second-order valence-corrected chi connectivity index (χ2v) is 8.16. The zero-order valence-electron chi connectivity index (χ0n) is 18.6. The molecule has 1 amide bonds. The van der Waals surface area contributed by atoms with Gasteiger partial charge in [-0.2, -0.15) is 0 Å². The smallest absolute Gasteiger partial charge is 0.412 e. The fourth-order valence-corrected chi connectivity index (χ4v) is 2.87. The molecule has 0 fully saturated rings. The Kier molecular flexibility index (Phi) is 7.75.